The highest BCUT2D eigenvalue weighted by atomic mass is 127. The molecule has 2 N–H and O–H groups in total. The van der Waals surface area contributed by atoms with Crippen LogP contribution in [0.5, 0.6) is 11.5 Å². The third-order valence-corrected chi connectivity index (χ3v) is 5.44. The van der Waals surface area contributed by atoms with Gasteiger partial charge in [-0.2, -0.15) is 5.10 Å². The number of benzene rings is 3. The fourth-order valence-corrected chi connectivity index (χ4v) is 3.22. The number of amides is 1. The SMILES string of the molecule is COc1cc(/C=N/NC(=O)CNc2ccc(I)cc2)ccc1OCc1ccc(Br)cc1. The fourth-order valence-electron chi connectivity index (χ4n) is 2.59. The van der Waals surface area contributed by atoms with Gasteiger partial charge in [0.05, 0.1) is 19.9 Å². The Morgan fingerprint density at radius 2 is 1.81 bits per heavy atom. The van der Waals surface area contributed by atoms with E-state index in [9.17, 15) is 4.79 Å². The van der Waals surface area contributed by atoms with E-state index in [1.54, 1.807) is 19.4 Å². The maximum atomic E-state index is 12.0. The number of rotatable bonds is 9. The van der Waals surface area contributed by atoms with Crippen molar-refractivity contribution in [2.45, 2.75) is 6.61 Å². The second kappa shape index (κ2) is 11.7. The fraction of sp³-hybridized carbons (Fsp3) is 0.130. The summed E-state index contributed by atoms with van der Waals surface area (Å²) in [7, 11) is 1.58. The number of nitrogens with zero attached hydrogens (tertiary/aromatic N) is 1. The number of methoxy groups -OCH3 is 1. The Balaban J connectivity index is 1.51. The van der Waals surface area contributed by atoms with Gasteiger partial charge in [-0.3, -0.25) is 4.79 Å². The predicted molar refractivity (Wildman–Crippen MR) is 135 cm³/mol. The number of nitrogens with one attached hydrogen (secondary N) is 2. The van der Waals surface area contributed by atoms with Crippen LogP contribution in [-0.2, 0) is 11.4 Å². The Morgan fingerprint density at radius 1 is 1.06 bits per heavy atom. The van der Waals surface area contributed by atoms with E-state index in [1.807, 2.05) is 60.7 Å². The summed E-state index contributed by atoms with van der Waals surface area (Å²) in [6.07, 6.45) is 1.56. The van der Waals surface area contributed by atoms with Gasteiger partial charge in [0.1, 0.15) is 6.61 Å². The summed E-state index contributed by atoms with van der Waals surface area (Å²) in [5, 5.41) is 7.06. The van der Waals surface area contributed by atoms with Gasteiger partial charge in [0.15, 0.2) is 11.5 Å². The second-order valence-electron chi connectivity index (χ2n) is 6.48. The largest absolute Gasteiger partial charge is 0.493 e. The van der Waals surface area contributed by atoms with Crippen molar-refractivity contribution in [2.75, 3.05) is 19.0 Å². The quantitative estimate of drug-likeness (QED) is 0.203. The third kappa shape index (κ3) is 7.55. The van der Waals surface area contributed by atoms with E-state index in [0.717, 1.165) is 24.9 Å². The lowest BCUT2D eigenvalue weighted by Gasteiger charge is -2.11. The van der Waals surface area contributed by atoms with Crippen LogP contribution in [0.15, 0.2) is 76.3 Å². The molecule has 0 aliphatic rings. The van der Waals surface area contributed by atoms with Gasteiger partial charge in [-0.05, 0) is 88.3 Å². The van der Waals surface area contributed by atoms with Crippen LogP contribution in [0.1, 0.15) is 11.1 Å². The van der Waals surface area contributed by atoms with Gasteiger partial charge in [0.2, 0.25) is 0 Å². The molecule has 31 heavy (non-hydrogen) atoms. The van der Waals surface area contributed by atoms with Gasteiger partial charge in [-0.25, -0.2) is 5.43 Å². The molecule has 0 spiro atoms. The van der Waals surface area contributed by atoms with Gasteiger partial charge in [-0.15, -0.1) is 0 Å². The number of anilines is 1. The molecule has 0 aromatic heterocycles. The van der Waals surface area contributed by atoms with E-state index < -0.39 is 0 Å². The van der Waals surface area contributed by atoms with E-state index in [4.69, 9.17) is 9.47 Å². The van der Waals surface area contributed by atoms with Crippen molar-refractivity contribution in [3.05, 3.63) is 85.9 Å². The zero-order chi connectivity index (χ0) is 22.1. The molecule has 0 saturated carbocycles. The second-order valence-corrected chi connectivity index (χ2v) is 8.64. The Kier molecular flexibility index (Phi) is 8.72. The molecule has 0 unspecified atom stereocenters. The van der Waals surface area contributed by atoms with Gasteiger partial charge in [-0.1, -0.05) is 28.1 Å². The minimum absolute atomic E-state index is 0.129. The third-order valence-electron chi connectivity index (χ3n) is 4.20. The molecule has 1 amide bonds. The highest BCUT2D eigenvalue weighted by Crippen LogP contribution is 2.28. The lowest BCUT2D eigenvalue weighted by molar-refractivity contribution is -0.119. The van der Waals surface area contributed by atoms with Crippen LogP contribution >= 0.6 is 38.5 Å². The molecule has 0 saturated heterocycles. The van der Waals surface area contributed by atoms with Crippen molar-refractivity contribution in [1.29, 1.82) is 0 Å². The van der Waals surface area contributed by atoms with E-state index >= 15 is 0 Å². The first kappa shape index (κ1) is 23.1. The topological polar surface area (TPSA) is 72.0 Å². The number of carbonyl (C=O) groups is 1. The molecule has 8 heteroatoms. The average Bonchev–Trinajstić information content (AvgIpc) is 2.78. The van der Waals surface area contributed by atoms with Gasteiger partial charge >= 0.3 is 0 Å². The molecule has 0 atom stereocenters. The highest BCUT2D eigenvalue weighted by Gasteiger charge is 2.06. The van der Waals surface area contributed by atoms with Crippen LogP contribution in [0, 0.1) is 3.57 Å². The molecule has 0 heterocycles. The van der Waals surface area contributed by atoms with Crippen LogP contribution in [0.25, 0.3) is 0 Å². The number of hydrogen-bond acceptors (Lipinski definition) is 5. The zero-order valence-corrected chi connectivity index (χ0v) is 20.5. The summed E-state index contributed by atoms with van der Waals surface area (Å²) in [6, 6.07) is 21.2. The van der Waals surface area contributed by atoms with E-state index in [-0.39, 0.29) is 12.5 Å². The monoisotopic (exact) mass is 593 g/mol. The summed E-state index contributed by atoms with van der Waals surface area (Å²) in [4.78, 5) is 12.0. The lowest BCUT2D eigenvalue weighted by atomic mass is 10.2. The normalized spacial score (nSPS) is 10.7. The van der Waals surface area contributed by atoms with E-state index in [1.165, 1.54) is 0 Å². The van der Waals surface area contributed by atoms with Crippen LogP contribution in [0.2, 0.25) is 0 Å². The first-order chi connectivity index (χ1) is 15.0. The number of hydrazone groups is 1. The number of carbonyl (C=O) groups excluding carboxylic acids is 1. The summed E-state index contributed by atoms with van der Waals surface area (Å²) < 4.78 is 13.5. The van der Waals surface area contributed by atoms with Crippen molar-refractivity contribution in [1.82, 2.24) is 5.43 Å². The Morgan fingerprint density at radius 3 is 2.52 bits per heavy atom. The van der Waals surface area contributed by atoms with Crippen molar-refractivity contribution >= 4 is 56.3 Å². The summed E-state index contributed by atoms with van der Waals surface area (Å²) in [5.41, 5.74) is 5.21. The minimum atomic E-state index is -0.240. The number of halogens is 2. The standard InChI is InChI=1S/C23H21BrIN3O3/c1-30-22-12-17(4-11-21(22)31-15-16-2-5-18(24)6-3-16)13-27-28-23(29)14-26-20-9-7-19(25)8-10-20/h2-13,26H,14-15H2,1H3,(H,28,29)/b27-13+. The predicted octanol–water partition coefficient (Wildman–Crippen LogP) is 5.20. The average molecular weight is 594 g/mol. The molecular weight excluding hydrogens is 573 g/mol. The van der Waals surface area contributed by atoms with Gasteiger partial charge in [0, 0.05) is 13.7 Å². The van der Waals surface area contributed by atoms with E-state index in [0.29, 0.717) is 18.1 Å². The Labute approximate surface area is 203 Å². The van der Waals surface area contributed by atoms with Crippen molar-refractivity contribution in [2.24, 2.45) is 5.10 Å². The molecule has 0 radical (unpaired) electrons. The highest BCUT2D eigenvalue weighted by molar-refractivity contribution is 14.1. The zero-order valence-electron chi connectivity index (χ0n) is 16.8. The Bertz CT molecular complexity index is 1040. The van der Waals surface area contributed by atoms with Crippen LogP contribution in [0.3, 0.4) is 0 Å². The van der Waals surface area contributed by atoms with Crippen LogP contribution < -0.4 is 20.2 Å². The molecule has 3 aromatic rings. The summed E-state index contributed by atoms with van der Waals surface area (Å²) in [5.74, 6) is 0.984. The molecule has 6 nitrogen and oxygen atoms in total. The van der Waals surface area contributed by atoms with Crippen molar-refractivity contribution in [3.63, 3.8) is 0 Å². The maximum absolute atomic E-state index is 12.0. The summed E-state index contributed by atoms with van der Waals surface area (Å²) >= 11 is 5.65. The van der Waals surface area contributed by atoms with Crippen molar-refractivity contribution in [3.8, 4) is 11.5 Å². The van der Waals surface area contributed by atoms with Crippen LogP contribution in [-0.4, -0.2) is 25.8 Å². The maximum Gasteiger partial charge on any atom is 0.259 e. The lowest BCUT2D eigenvalue weighted by Crippen LogP contribution is -2.25. The summed E-state index contributed by atoms with van der Waals surface area (Å²) in [6.45, 7) is 0.560. The number of ether oxygens (including phenoxy) is 2. The van der Waals surface area contributed by atoms with Gasteiger partial charge < -0.3 is 14.8 Å². The van der Waals surface area contributed by atoms with Gasteiger partial charge in [0.25, 0.3) is 5.91 Å². The molecule has 0 bridgehead atoms. The first-order valence-electron chi connectivity index (χ1n) is 9.40. The molecule has 0 aliphatic heterocycles. The molecule has 160 valence electrons. The first-order valence-corrected chi connectivity index (χ1v) is 11.3. The Hall–Kier alpha value is -2.59. The molecule has 0 fully saturated rings. The van der Waals surface area contributed by atoms with Crippen LogP contribution in [0.4, 0.5) is 5.69 Å². The molecular formula is C23H21BrIN3O3. The van der Waals surface area contributed by atoms with E-state index in [2.05, 4.69) is 54.4 Å². The molecule has 3 rings (SSSR count). The molecule has 0 aliphatic carbocycles. The molecule has 3 aromatic carbocycles. The smallest absolute Gasteiger partial charge is 0.259 e. The minimum Gasteiger partial charge on any atom is -0.493 e. The number of hydrogen-bond donors (Lipinski definition) is 2. The van der Waals surface area contributed by atoms with Crippen molar-refractivity contribution < 1.29 is 14.3 Å².